The number of benzene rings is 1. The smallest absolute Gasteiger partial charge is 0.251 e. The highest BCUT2D eigenvalue weighted by molar-refractivity contribution is 5.94. The van der Waals surface area contributed by atoms with Gasteiger partial charge in [-0.05, 0) is 49.1 Å². The monoisotopic (exact) mass is 248 g/mol. The molecule has 0 spiro atoms. The van der Waals surface area contributed by atoms with Crippen molar-refractivity contribution in [3.8, 4) is 5.75 Å². The molecule has 2 rings (SSSR count). The van der Waals surface area contributed by atoms with Gasteiger partial charge in [-0.3, -0.25) is 4.79 Å². The molecule has 0 saturated heterocycles. The van der Waals surface area contributed by atoms with Crippen molar-refractivity contribution in [3.05, 3.63) is 29.8 Å². The lowest BCUT2D eigenvalue weighted by Gasteiger charge is -2.27. The number of phenols is 1. The molecule has 1 saturated carbocycles. The van der Waals surface area contributed by atoms with Crippen molar-refractivity contribution < 1.29 is 9.90 Å². The number of phenolic OH excluding ortho intramolecular Hbond substituents is 1. The van der Waals surface area contributed by atoms with Gasteiger partial charge in [0.25, 0.3) is 5.91 Å². The number of carbonyl (C=O) groups excluding carboxylic acids is 1. The van der Waals surface area contributed by atoms with Crippen LogP contribution in [0.3, 0.4) is 0 Å². The van der Waals surface area contributed by atoms with Gasteiger partial charge in [0.1, 0.15) is 5.75 Å². The zero-order chi connectivity index (χ0) is 13.0. The van der Waals surface area contributed by atoms with Crippen LogP contribution in [0.25, 0.3) is 0 Å². The molecular formula is C14H20N2O2. The van der Waals surface area contributed by atoms with Gasteiger partial charge in [-0.25, -0.2) is 0 Å². The Kier molecular flexibility index (Phi) is 3.87. The summed E-state index contributed by atoms with van der Waals surface area (Å²) in [6, 6.07) is 6.27. The highest BCUT2D eigenvalue weighted by atomic mass is 16.3. The number of rotatable bonds is 4. The Labute approximate surface area is 107 Å². The van der Waals surface area contributed by atoms with E-state index < -0.39 is 0 Å². The fourth-order valence-electron chi connectivity index (χ4n) is 2.56. The van der Waals surface area contributed by atoms with E-state index in [4.69, 9.17) is 5.73 Å². The van der Waals surface area contributed by atoms with Crippen LogP contribution in [0, 0.1) is 5.41 Å². The molecule has 1 amide bonds. The summed E-state index contributed by atoms with van der Waals surface area (Å²) in [6.45, 7) is 1.27. The molecule has 4 N–H and O–H groups in total. The molecule has 0 atom stereocenters. The maximum atomic E-state index is 11.9. The molecule has 1 aliphatic carbocycles. The van der Waals surface area contributed by atoms with Crippen molar-refractivity contribution in [1.29, 1.82) is 0 Å². The molecule has 1 aliphatic rings. The Bertz CT molecular complexity index is 408. The van der Waals surface area contributed by atoms with Crippen molar-refractivity contribution in [2.75, 3.05) is 13.1 Å². The van der Waals surface area contributed by atoms with Crippen LogP contribution < -0.4 is 11.1 Å². The topological polar surface area (TPSA) is 75.3 Å². The summed E-state index contributed by atoms with van der Waals surface area (Å²) in [4.78, 5) is 11.9. The average Bonchev–Trinajstić information content (AvgIpc) is 2.86. The predicted molar refractivity (Wildman–Crippen MR) is 70.4 cm³/mol. The molecule has 1 fully saturated rings. The number of hydrogen-bond donors (Lipinski definition) is 3. The van der Waals surface area contributed by atoms with E-state index in [2.05, 4.69) is 5.32 Å². The average molecular weight is 248 g/mol. The first-order chi connectivity index (χ1) is 8.65. The van der Waals surface area contributed by atoms with E-state index in [0.717, 1.165) is 12.8 Å². The Balaban J connectivity index is 1.93. The fraction of sp³-hybridized carbons (Fsp3) is 0.500. The second kappa shape index (κ2) is 5.40. The highest BCUT2D eigenvalue weighted by Gasteiger charge is 2.32. The van der Waals surface area contributed by atoms with Crippen molar-refractivity contribution in [2.45, 2.75) is 25.7 Å². The van der Waals surface area contributed by atoms with Crippen LogP contribution in [-0.2, 0) is 0 Å². The van der Waals surface area contributed by atoms with Gasteiger partial charge in [-0.1, -0.05) is 12.8 Å². The van der Waals surface area contributed by atoms with Gasteiger partial charge in [0, 0.05) is 12.1 Å². The Morgan fingerprint density at radius 2 is 1.89 bits per heavy atom. The van der Waals surface area contributed by atoms with Crippen molar-refractivity contribution in [1.82, 2.24) is 5.32 Å². The summed E-state index contributed by atoms with van der Waals surface area (Å²) in [7, 11) is 0. The Hall–Kier alpha value is -1.55. The number of nitrogens with one attached hydrogen (secondary N) is 1. The minimum Gasteiger partial charge on any atom is -0.508 e. The van der Waals surface area contributed by atoms with Gasteiger partial charge in [-0.15, -0.1) is 0 Å². The molecule has 98 valence electrons. The van der Waals surface area contributed by atoms with Gasteiger partial charge in [0.05, 0.1) is 0 Å². The Morgan fingerprint density at radius 1 is 1.28 bits per heavy atom. The number of hydrogen-bond acceptors (Lipinski definition) is 3. The minimum absolute atomic E-state index is 0.0899. The summed E-state index contributed by atoms with van der Waals surface area (Å²) >= 11 is 0. The fourth-order valence-corrected chi connectivity index (χ4v) is 2.56. The maximum absolute atomic E-state index is 11.9. The van der Waals surface area contributed by atoms with Gasteiger partial charge in [0.2, 0.25) is 0 Å². The molecule has 4 heteroatoms. The van der Waals surface area contributed by atoms with Crippen LogP contribution in [0.2, 0.25) is 0 Å². The molecule has 1 aromatic carbocycles. The van der Waals surface area contributed by atoms with Crippen molar-refractivity contribution in [3.63, 3.8) is 0 Å². The lowest BCUT2D eigenvalue weighted by atomic mass is 9.86. The van der Waals surface area contributed by atoms with Crippen LogP contribution in [-0.4, -0.2) is 24.1 Å². The zero-order valence-corrected chi connectivity index (χ0v) is 10.5. The van der Waals surface area contributed by atoms with Gasteiger partial charge >= 0.3 is 0 Å². The van der Waals surface area contributed by atoms with Gasteiger partial charge in [-0.2, -0.15) is 0 Å². The molecule has 18 heavy (non-hydrogen) atoms. The van der Waals surface area contributed by atoms with E-state index >= 15 is 0 Å². The number of aromatic hydroxyl groups is 1. The van der Waals surface area contributed by atoms with E-state index in [1.165, 1.54) is 25.0 Å². The summed E-state index contributed by atoms with van der Waals surface area (Å²) in [5.74, 6) is 0.0653. The third-order valence-electron chi connectivity index (χ3n) is 3.85. The number of nitrogens with two attached hydrogens (primary N) is 1. The van der Waals surface area contributed by atoms with Crippen molar-refractivity contribution >= 4 is 5.91 Å². The first-order valence-electron chi connectivity index (χ1n) is 6.43. The summed E-state index contributed by atoms with van der Waals surface area (Å²) in [6.07, 6.45) is 4.59. The van der Waals surface area contributed by atoms with E-state index in [-0.39, 0.29) is 17.1 Å². The molecule has 1 aromatic rings. The summed E-state index contributed by atoms with van der Waals surface area (Å²) < 4.78 is 0. The zero-order valence-electron chi connectivity index (χ0n) is 10.5. The Morgan fingerprint density at radius 3 is 2.44 bits per heavy atom. The van der Waals surface area contributed by atoms with Gasteiger partial charge in [0.15, 0.2) is 0 Å². The molecule has 0 unspecified atom stereocenters. The molecule has 0 heterocycles. The van der Waals surface area contributed by atoms with Gasteiger partial charge < -0.3 is 16.2 Å². The highest BCUT2D eigenvalue weighted by Crippen LogP contribution is 2.36. The third kappa shape index (κ3) is 2.82. The maximum Gasteiger partial charge on any atom is 0.251 e. The lowest BCUT2D eigenvalue weighted by molar-refractivity contribution is 0.0932. The molecule has 0 bridgehead atoms. The first-order valence-corrected chi connectivity index (χ1v) is 6.43. The normalized spacial score (nSPS) is 17.6. The minimum atomic E-state index is -0.102. The van der Waals surface area contributed by atoms with Crippen LogP contribution in [0.15, 0.2) is 24.3 Å². The largest absolute Gasteiger partial charge is 0.508 e. The molecule has 0 aromatic heterocycles. The molecular weight excluding hydrogens is 228 g/mol. The standard InChI is InChI=1S/C14H20N2O2/c15-9-14(7-1-2-8-14)10-16-13(18)11-3-5-12(17)6-4-11/h3-6,17H,1-2,7-10,15H2,(H,16,18). The molecule has 4 nitrogen and oxygen atoms in total. The van der Waals surface area contributed by atoms with E-state index in [9.17, 15) is 9.90 Å². The van der Waals surface area contributed by atoms with Crippen LogP contribution in [0.4, 0.5) is 0 Å². The SMILES string of the molecule is NCC1(CNC(=O)c2ccc(O)cc2)CCCC1. The second-order valence-corrected chi connectivity index (χ2v) is 5.14. The summed E-state index contributed by atoms with van der Waals surface area (Å²) in [5.41, 5.74) is 6.49. The van der Waals surface area contributed by atoms with Crippen LogP contribution >= 0.6 is 0 Å². The van der Waals surface area contributed by atoms with E-state index in [1.54, 1.807) is 12.1 Å². The third-order valence-corrected chi connectivity index (χ3v) is 3.85. The van der Waals surface area contributed by atoms with E-state index in [0.29, 0.717) is 18.7 Å². The summed E-state index contributed by atoms with van der Waals surface area (Å²) in [5, 5.41) is 12.1. The lowest BCUT2D eigenvalue weighted by Crippen LogP contribution is -2.40. The quantitative estimate of drug-likeness (QED) is 0.758. The van der Waals surface area contributed by atoms with Crippen LogP contribution in [0.5, 0.6) is 5.75 Å². The molecule has 0 aliphatic heterocycles. The first kappa shape index (κ1) is 12.9. The number of carbonyl (C=O) groups is 1. The van der Waals surface area contributed by atoms with Crippen LogP contribution in [0.1, 0.15) is 36.0 Å². The second-order valence-electron chi connectivity index (χ2n) is 5.14. The van der Waals surface area contributed by atoms with Crippen molar-refractivity contribution in [2.24, 2.45) is 11.1 Å². The molecule has 0 radical (unpaired) electrons. The predicted octanol–water partition coefficient (Wildman–Crippen LogP) is 1.64. The number of amides is 1. The van der Waals surface area contributed by atoms with E-state index in [1.807, 2.05) is 0 Å².